The molecule has 0 radical (unpaired) electrons. The molecule has 0 heterocycles. The zero-order valence-corrected chi connectivity index (χ0v) is 16.1. The summed E-state index contributed by atoms with van der Waals surface area (Å²) in [7, 11) is -1.32. The van der Waals surface area contributed by atoms with Gasteiger partial charge < -0.3 is 9.84 Å². The minimum absolute atomic E-state index is 0.575. The second-order valence-corrected chi connectivity index (χ2v) is 10.1. The van der Waals surface area contributed by atoms with Crippen molar-refractivity contribution in [2.75, 3.05) is 7.11 Å². The number of carbonyl (C=O) groups is 1. The number of hydrogen-bond donors (Lipinski definition) is 1. The average Bonchev–Trinajstić information content (AvgIpc) is 2.66. The van der Waals surface area contributed by atoms with Crippen molar-refractivity contribution in [1.82, 2.24) is 0 Å². The van der Waals surface area contributed by atoms with E-state index in [1.807, 2.05) is 81.4 Å². The average molecular weight is 359 g/mol. The van der Waals surface area contributed by atoms with Gasteiger partial charge in [-0.25, -0.2) is 4.79 Å². The van der Waals surface area contributed by atoms with Crippen molar-refractivity contribution in [1.29, 1.82) is 0 Å². The Morgan fingerprint density at radius 3 is 1.88 bits per heavy atom. The highest BCUT2D eigenvalue weighted by atomic mass is 31.2. The molecule has 0 aromatic heterocycles. The lowest BCUT2D eigenvalue weighted by atomic mass is 10.0. The monoisotopic (exact) mass is 359 g/mol. The topological polar surface area (TPSA) is 58.9 Å². The van der Waals surface area contributed by atoms with Crippen molar-refractivity contribution in [3.8, 4) is 0 Å². The molecule has 1 amide bonds. The van der Waals surface area contributed by atoms with Gasteiger partial charge in [-0.05, 0) is 17.0 Å². The Kier molecular flexibility index (Phi) is 6.21. The van der Waals surface area contributed by atoms with Crippen molar-refractivity contribution >= 4 is 23.8 Å². The van der Waals surface area contributed by atoms with Gasteiger partial charge in [0.05, 0.1) is 13.2 Å². The molecule has 0 saturated carbocycles. The minimum Gasteiger partial charge on any atom is -0.451 e. The van der Waals surface area contributed by atoms with Gasteiger partial charge in [-0.2, -0.15) is 4.74 Å². The maximum absolute atomic E-state index is 12.3. The molecule has 0 bridgehead atoms. The lowest BCUT2D eigenvalue weighted by Gasteiger charge is -2.43. The number of ether oxygens (including phenoxy) is 1. The summed E-state index contributed by atoms with van der Waals surface area (Å²) in [5.74, 6) is 0. The fourth-order valence-electron chi connectivity index (χ4n) is 3.22. The van der Waals surface area contributed by atoms with Crippen LogP contribution >= 0.6 is 7.05 Å². The summed E-state index contributed by atoms with van der Waals surface area (Å²) in [5, 5.41) is 12.1. The number of carbonyl (C=O) groups excluding carboxylic acids is 1. The van der Waals surface area contributed by atoms with Gasteiger partial charge in [0.2, 0.25) is 0 Å². The van der Waals surface area contributed by atoms with Crippen molar-refractivity contribution in [3.05, 3.63) is 60.7 Å². The van der Waals surface area contributed by atoms with Gasteiger partial charge in [-0.1, -0.05) is 81.4 Å². The predicted molar refractivity (Wildman–Crippen MR) is 104 cm³/mol. The number of amides is 1. The van der Waals surface area contributed by atoms with E-state index in [0.717, 1.165) is 10.6 Å². The lowest BCUT2D eigenvalue weighted by molar-refractivity contribution is 0.135. The molecule has 1 N–H and O–H groups in total. The van der Waals surface area contributed by atoms with Gasteiger partial charge in [0.15, 0.2) is 0 Å². The minimum atomic E-state index is -2.65. The highest BCUT2D eigenvalue weighted by molar-refractivity contribution is 7.82. The van der Waals surface area contributed by atoms with Crippen molar-refractivity contribution in [3.63, 3.8) is 0 Å². The Morgan fingerprint density at radius 2 is 1.52 bits per heavy atom. The van der Waals surface area contributed by atoms with Crippen LogP contribution in [0.2, 0.25) is 0 Å². The Balaban J connectivity index is 2.95. The molecular weight excluding hydrogens is 333 g/mol. The summed E-state index contributed by atoms with van der Waals surface area (Å²) in [6.07, 6.45) is -0.655. The molecule has 0 aliphatic carbocycles. The maximum Gasteiger partial charge on any atom is 0.432 e. The van der Waals surface area contributed by atoms with E-state index < -0.39 is 24.4 Å². The molecule has 2 rings (SSSR count). The number of nitrogens with zero attached hydrogens (tertiary/aromatic N) is 1. The molecule has 134 valence electrons. The zero-order valence-electron chi connectivity index (χ0n) is 15.2. The molecule has 0 aliphatic rings. The van der Waals surface area contributed by atoms with Crippen LogP contribution in [0.3, 0.4) is 0 Å². The summed E-state index contributed by atoms with van der Waals surface area (Å²) in [6.45, 7) is 5.91. The Labute approximate surface area is 149 Å². The number of aliphatic hydroxyl groups excluding tert-OH is 1. The van der Waals surface area contributed by atoms with Crippen molar-refractivity contribution < 1.29 is 14.6 Å². The van der Waals surface area contributed by atoms with Crippen LogP contribution in [0.1, 0.15) is 27.2 Å². The van der Waals surface area contributed by atoms with Crippen LogP contribution in [-0.2, 0) is 4.74 Å². The van der Waals surface area contributed by atoms with Gasteiger partial charge in [0, 0.05) is 12.2 Å². The molecule has 0 fully saturated rings. The molecule has 0 spiro atoms. The third kappa shape index (κ3) is 3.56. The van der Waals surface area contributed by atoms with Crippen molar-refractivity contribution in [2.24, 2.45) is 4.74 Å². The Morgan fingerprint density at radius 1 is 1.08 bits per heavy atom. The smallest absolute Gasteiger partial charge is 0.432 e. The number of rotatable bonds is 5. The van der Waals surface area contributed by atoms with Gasteiger partial charge in [0.1, 0.15) is 0 Å². The normalized spacial score (nSPS) is 13.2. The standard InChI is InChI=1S/C20H26NO3P/c1-5-18(22)20(2,3)25(21-19(23)24-4,16-12-8-6-9-13-16)17-14-10-7-11-15-17/h6-15,18,22H,5H2,1-4H3/t18-/m1/s1. The van der Waals surface area contributed by atoms with Crippen LogP contribution in [0, 0.1) is 0 Å². The molecular formula is C20H26NO3P. The fourth-order valence-corrected chi connectivity index (χ4v) is 7.49. The maximum atomic E-state index is 12.3. The molecule has 2 aromatic rings. The van der Waals surface area contributed by atoms with Crippen LogP contribution in [0.25, 0.3) is 0 Å². The SMILES string of the molecule is CC[C@@H](O)C(C)(C)P(=NC(=O)OC)(c1ccccc1)c1ccccc1. The largest absolute Gasteiger partial charge is 0.451 e. The Bertz CT molecular complexity index is 714. The molecule has 0 aliphatic heterocycles. The number of benzene rings is 2. The second-order valence-electron chi connectivity index (χ2n) is 6.45. The van der Waals surface area contributed by atoms with Crippen LogP contribution in [0.4, 0.5) is 4.79 Å². The molecule has 25 heavy (non-hydrogen) atoms. The lowest BCUT2D eigenvalue weighted by Crippen LogP contribution is -2.43. The number of hydrogen-bond acceptors (Lipinski definition) is 3. The quantitative estimate of drug-likeness (QED) is 0.816. The van der Waals surface area contributed by atoms with E-state index in [0.29, 0.717) is 6.42 Å². The molecule has 5 heteroatoms. The van der Waals surface area contributed by atoms with Gasteiger partial charge >= 0.3 is 6.09 Å². The predicted octanol–water partition coefficient (Wildman–Crippen LogP) is 4.15. The fraction of sp³-hybridized carbons (Fsp3) is 0.350. The van der Waals surface area contributed by atoms with Crippen LogP contribution in [0.5, 0.6) is 0 Å². The summed E-state index contributed by atoms with van der Waals surface area (Å²) in [6, 6.07) is 19.6. The van der Waals surface area contributed by atoms with E-state index in [9.17, 15) is 9.90 Å². The zero-order chi connectivity index (χ0) is 18.5. The first-order valence-corrected chi connectivity index (χ1v) is 10.1. The molecule has 4 nitrogen and oxygen atoms in total. The molecule has 0 saturated heterocycles. The van der Waals surface area contributed by atoms with E-state index in [-0.39, 0.29) is 0 Å². The van der Waals surface area contributed by atoms with E-state index >= 15 is 0 Å². The van der Waals surface area contributed by atoms with E-state index in [1.165, 1.54) is 7.11 Å². The first-order chi connectivity index (χ1) is 11.9. The van der Waals surface area contributed by atoms with Gasteiger partial charge in [-0.15, -0.1) is 0 Å². The van der Waals surface area contributed by atoms with Crippen LogP contribution in [0.15, 0.2) is 65.4 Å². The second kappa shape index (κ2) is 7.99. The summed E-state index contributed by atoms with van der Waals surface area (Å²) in [5.41, 5.74) is 0. The van der Waals surface area contributed by atoms with Gasteiger partial charge in [-0.3, -0.25) is 0 Å². The van der Waals surface area contributed by atoms with Crippen LogP contribution < -0.4 is 10.6 Å². The number of aliphatic hydroxyl groups is 1. The highest BCUT2D eigenvalue weighted by Crippen LogP contribution is 2.60. The molecule has 1 atom stereocenters. The van der Waals surface area contributed by atoms with E-state index in [1.54, 1.807) is 0 Å². The van der Waals surface area contributed by atoms with Gasteiger partial charge in [0.25, 0.3) is 0 Å². The van der Waals surface area contributed by atoms with Crippen LogP contribution in [-0.4, -0.2) is 29.6 Å². The third-order valence-electron chi connectivity index (χ3n) is 4.70. The van der Waals surface area contributed by atoms with Crippen molar-refractivity contribution in [2.45, 2.75) is 38.5 Å². The van der Waals surface area contributed by atoms with E-state index in [4.69, 9.17) is 4.74 Å². The third-order valence-corrected chi connectivity index (χ3v) is 9.22. The Hall–Kier alpha value is -1.90. The summed E-state index contributed by atoms with van der Waals surface area (Å²) >= 11 is 0. The summed E-state index contributed by atoms with van der Waals surface area (Å²) in [4.78, 5) is 12.3. The molecule has 0 unspecified atom stereocenters. The highest BCUT2D eigenvalue weighted by Gasteiger charge is 2.45. The first kappa shape index (κ1) is 19.4. The van der Waals surface area contributed by atoms with E-state index in [2.05, 4.69) is 4.74 Å². The first-order valence-electron chi connectivity index (χ1n) is 8.39. The molecule has 2 aromatic carbocycles. The summed E-state index contributed by atoms with van der Waals surface area (Å²) < 4.78 is 9.50. The number of methoxy groups -OCH3 is 1.